The summed E-state index contributed by atoms with van der Waals surface area (Å²) < 4.78 is 32.9. The lowest BCUT2D eigenvalue weighted by Crippen LogP contribution is -2.14. The Bertz CT molecular complexity index is 996. The van der Waals surface area contributed by atoms with Gasteiger partial charge in [-0.25, -0.2) is 12.4 Å². The highest BCUT2D eigenvalue weighted by Gasteiger charge is 2.21. The van der Waals surface area contributed by atoms with Gasteiger partial charge in [0.25, 0.3) is 10.0 Å². The number of nitrogens with zero attached hydrogens (tertiary/aromatic N) is 2. The number of fused-ring (bicyclic) bond motifs is 1. The third-order valence-corrected chi connectivity index (χ3v) is 6.75. The highest BCUT2D eigenvalue weighted by atomic mass is 32.2. The molecule has 3 aromatic rings. The molecule has 138 valence electrons. The Balaban J connectivity index is 2.11. The molecule has 0 amide bonds. The van der Waals surface area contributed by atoms with E-state index in [1.165, 1.54) is 3.97 Å². The molecule has 2 aromatic carbocycles. The third-order valence-electron chi connectivity index (χ3n) is 4.04. The average molecular weight is 391 g/mol. The highest BCUT2D eigenvalue weighted by molar-refractivity contribution is 7.99. The summed E-state index contributed by atoms with van der Waals surface area (Å²) in [7, 11) is 2.00. The van der Waals surface area contributed by atoms with Crippen LogP contribution in [-0.2, 0) is 10.0 Å². The summed E-state index contributed by atoms with van der Waals surface area (Å²) in [6, 6.07) is 14.0. The molecule has 5 nitrogen and oxygen atoms in total. The molecule has 0 saturated carbocycles. The van der Waals surface area contributed by atoms with Gasteiger partial charge in [-0.15, -0.1) is 11.8 Å². The van der Waals surface area contributed by atoms with Crippen LogP contribution in [0.25, 0.3) is 10.9 Å². The summed E-state index contributed by atoms with van der Waals surface area (Å²) in [6.45, 7) is 0.909. The van der Waals surface area contributed by atoms with Crippen molar-refractivity contribution in [3.8, 4) is 5.75 Å². The van der Waals surface area contributed by atoms with Crippen molar-refractivity contribution in [2.24, 2.45) is 0 Å². The molecule has 0 radical (unpaired) electrons. The van der Waals surface area contributed by atoms with Gasteiger partial charge in [0.15, 0.2) is 0 Å². The number of ether oxygens (including phenoxy) is 1. The van der Waals surface area contributed by atoms with Gasteiger partial charge >= 0.3 is 0 Å². The van der Waals surface area contributed by atoms with Gasteiger partial charge in [0.2, 0.25) is 0 Å². The average Bonchev–Trinajstić information content (AvgIpc) is 3.01. The minimum Gasteiger partial charge on any atom is -0.497 e. The van der Waals surface area contributed by atoms with E-state index in [4.69, 9.17) is 4.74 Å². The van der Waals surface area contributed by atoms with Crippen LogP contribution in [0.15, 0.2) is 64.5 Å². The highest BCUT2D eigenvalue weighted by Crippen LogP contribution is 2.34. The van der Waals surface area contributed by atoms with Crippen molar-refractivity contribution in [3.63, 3.8) is 0 Å². The fourth-order valence-corrected chi connectivity index (χ4v) is 5.27. The molecule has 0 atom stereocenters. The van der Waals surface area contributed by atoms with Crippen molar-refractivity contribution in [1.29, 1.82) is 0 Å². The molecule has 1 heterocycles. The number of aromatic nitrogens is 1. The molecule has 1 aromatic heterocycles. The fraction of sp³-hybridized carbons (Fsp3) is 0.263. The van der Waals surface area contributed by atoms with Gasteiger partial charge in [-0.1, -0.05) is 18.2 Å². The first-order valence-electron chi connectivity index (χ1n) is 8.21. The van der Waals surface area contributed by atoms with Crippen molar-refractivity contribution in [1.82, 2.24) is 8.87 Å². The Kier molecular flexibility index (Phi) is 5.60. The summed E-state index contributed by atoms with van der Waals surface area (Å²) in [6.07, 6.45) is 1.72. The molecular weight excluding hydrogens is 368 g/mol. The van der Waals surface area contributed by atoms with E-state index in [0.717, 1.165) is 22.6 Å². The van der Waals surface area contributed by atoms with Gasteiger partial charge in [-0.2, -0.15) is 0 Å². The molecule has 0 aliphatic heterocycles. The van der Waals surface area contributed by atoms with E-state index in [1.807, 2.05) is 20.2 Å². The standard InChI is InChI=1S/C19H22N2O3S2/c1-20(2)11-12-25-19-14-21(18-10-9-15(24-3)13-17(18)19)26(22,23)16-7-5-4-6-8-16/h4-10,13-14H,11-12H2,1-3H3. The molecule has 0 fully saturated rings. The molecule has 0 aliphatic rings. The van der Waals surface area contributed by atoms with Crippen LogP contribution in [0, 0.1) is 0 Å². The summed E-state index contributed by atoms with van der Waals surface area (Å²) in [4.78, 5) is 3.31. The lowest BCUT2D eigenvalue weighted by Gasteiger charge is -2.08. The molecule has 0 bridgehead atoms. The zero-order valence-corrected chi connectivity index (χ0v) is 16.7. The van der Waals surface area contributed by atoms with E-state index < -0.39 is 10.0 Å². The number of methoxy groups -OCH3 is 1. The van der Waals surface area contributed by atoms with E-state index in [1.54, 1.807) is 67.5 Å². The predicted molar refractivity (Wildman–Crippen MR) is 107 cm³/mol. The van der Waals surface area contributed by atoms with Crippen LogP contribution in [0.2, 0.25) is 0 Å². The smallest absolute Gasteiger partial charge is 0.268 e. The monoisotopic (exact) mass is 390 g/mol. The van der Waals surface area contributed by atoms with Crippen LogP contribution >= 0.6 is 11.8 Å². The molecule has 3 rings (SSSR count). The van der Waals surface area contributed by atoms with Gasteiger partial charge < -0.3 is 9.64 Å². The van der Waals surface area contributed by atoms with E-state index in [0.29, 0.717) is 11.3 Å². The van der Waals surface area contributed by atoms with E-state index >= 15 is 0 Å². The largest absolute Gasteiger partial charge is 0.497 e. The summed E-state index contributed by atoms with van der Waals surface area (Å²) in [5, 5.41) is 0.882. The predicted octanol–water partition coefficient (Wildman–Crippen LogP) is 3.54. The second-order valence-electron chi connectivity index (χ2n) is 6.14. The maximum absolute atomic E-state index is 13.1. The SMILES string of the molecule is COc1ccc2c(c1)c(SCCN(C)C)cn2S(=O)(=O)c1ccccc1. The van der Waals surface area contributed by atoms with Crippen LogP contribution < -0.4 is 4.74 Å². The Morgan fingerprint density at radius 3 is 2.50 bits per heavy atom. The Labute approximate surface area is 158 Å². The molecule has 0 spiro atoms. The summed E-state index contributed by atoms with van der Waals surface area (Å²) in [5.74, 6) is 1.58. The maximum Gasteiger partial charge on any atom is 0.268 e. The number of hydrogen-bond donors (Lipinski definition) is 0. The van der Waals surface area contributed by atoms with Gasteiger partial charge in [0.05, 0.1) is 17.5 Å². The van der Waals surface area contributed by atoms with Crippen LogP contribution in [-0.4, -0.2) is 50.8 Å². The Hall–Kier alpha value is -1.96. The quantitative estimate of drug-likeness (QED) is 0.578. The van der Waals surface area contributed by atoms with Crippen molar-refractivity contribution in [2.75, 3.05) is 33.5 Å². The Morgan fingerprint density at radius 2 is 1.85 bits per heavy atom. The molecule has 26 heavy (non-hydrogen) atoms. The van der Waals surface area contributed by atoms with Crippen molar-refractivity contribution in [2.45, 2.75) is 9.79 Å². The van der Waals surface area contributed by atoms with Gasteiger partial charge in [0, 0.05) is 28.8 Å². The number of benzene rings is 2. The molecule has 7 heteroatoms. The minimum absolute atomic E-state index is 0.276. The van der Waals surface area contributed by atoms with Gasteiger partial charge in [-0.05, 0) is 44.4 Å². The van der Waals surface area contributed by atoms with Crippen LogP contribution in [0.1, 0.15) is 0 Å². The molecular formula is C19H22N2O3S2. The van der Waals surface area contributed by atoms with Gasteiger partial charge in [-0.3, -0.25) is 0 Å². The molecule has 0 aliphatic carbocycles. The lowest BCUT2D eigenvalue weighted by atomic mass is 10.2. The van der Waals surface area contributed by atoms with Crippen LogP contribution in [0.5, 0.6) is 5.75 Å². The third kappa shape index (κ3) is 3.75. The van der Waals surface area contributed by atoms with E-state index in [-0.39, 0.29) is 4.90 Å². The van der Waals surface area contributed by atoms with Crippen molar-refractivity contribution < 1.29 is 13.2 Å². The first-order chi connectivity index (χ1) is 12.4. The van der Waals surface area contributed by atoms with Crippen molar-refractivity contribution in [3.05, 3.63) is 54.7 Å². The van der Waals surface area contributed by atoms with Crippen LogP contribution in [0.3, 0.4) is 0 Å². The lowest BCUT2D eigenvalue weighted by molar-refractivity contribution is 0.415. The molecule has 0 saturated heterocycles. The summed E-state index contributed by atoms with van der Waals surface area (Å²) >= 11 is 1.65. The zero-order chi connectivity index (χ0) is 18.7. The first-order valence-corrected chi connectivity index (χ1v) is 10.6. The number of hydrogen-bond acceptors (Lipinski definition) is 5. The topological polar surface area (TPSA) is 51.5 Å². The number of thioether (sulfide) groups is 1. The fourth-order valence-electron chi connectivity index (χ4n) is 2.64. The van der Waals surface area contributed by atoms with Crippen LogP contribution in [0.4, 0.5) is 0 Å². The second-order valence-corrected chi connectivity index (χ2v) is 9.09. The molecule has 0 unspecified atom stereocenters. The van der Waals surface area contributed by atoms with E-state index in [9.17, 15) is 8.42 Å². The minimum atomic E-state index is -3.65. The second kappa shape index (κ2) is 7.73. The normalized spacial score (nSPS) is 12.0. The first kappa shape index (κ1) is 18.8. The Morgan fingerprint density at radius 1 is 1.12 bits per heavy atom. The molecule has 0 N–H and O–H groups in total. The van der Waals surface area contributed by atoms with Gasteiger partial charge in [0.1, 0.15) is 5.75 Å². The summed E-state index contributed by atoms with van der Waals surface area (Å²) in [5.41, 5.74) is 0.655. The zero-order valence-electron chi connectivity index (χ0n) is 15.0. The maximum atomic E-state index is 13.1. The van der Waals surface area contributed by atoms with E-state index in [2.05, 4.69) is 4.90 Å². The number of rotatable bonds is 7. The van der Waals surface area contributed by atoms with Crippen molar-refractivity contribution >= 4 is 32.7 Å².